The summed E-state index contributed by atoms with van der Waals surface area (Å²) in [5.41, 5.74) is -0.160. The summed E-state index contributed by atoms with van der Waals surface area (Å²) in [4.78, 5) is 0. The van der Waals surface area contributed by atoms with Crippen LogP contribution in [0.25, 0.3) is 0 Å². The second-order valence-corrected chi connectivity index (χ2v) is 9.28. The first-order chi connectivity index (χ1) is 7.21. The molecule has 16 heavy (non-hydrogen) atoms. The highest BCUT2D eigenvalue weighted by atomic mass is 28.2. The monoisotopic (exact) mass is 245 g/mol. The van der Waals surface area contributed by atoms with Crippen LogP contribution in [0.3, 0.4) is 0 Å². The highest BCUT2D eigenvalue weighted by Gasteiger charge is 2.34. The molecule has 0 aromatic heterocycles. The van der Waals surface area contributed by atoms with E-state index < -0.39 is 9.76 Å². The van der Waals surface area contributed by atoms with Crippen LogP contribution < -0.4 is 5.32 Å². The highest BCUT2D eigenvalue weighted by Crippen LogP contribution is 2.26. The van der Waals surface area contributed by atoms with Crippen molar-refractivity contribution in [2.75, 3.05) is 13.2 Å². The number of rotatable bonds is 3. The molecule has 0 saturated carbocycles. The van der Waals surface area contributed by atoms with Crippen molar-refractivity contribution in [3.05, 3.63) is 0 Å². The fraction of sp³-hybridized carbons (Fsp3) is 1.00. The summed E-state index contributed by atoms with van der Waals surface area (Å²) in [6, 6.07) is 0.465. The third-order valence-electron chi connectivity index (χ3n) is 2.85. The van der Waals surface area contributed by atoms with Crippen molar-refractivity contribution < 1.29 is 9.16 Å². The number of nitrogens with one attached hydrogen (secondary N) is 1. The van der Waals surface area contributed by atoms with Crippen LogP contribution in [0.1, 0.15) is 41.5 Å². The Kier molecular flexibility index (Phi) is 4.57. The number of morpholine rings is 1. The molecular formula is C12H27NO2Si. The maximum Gasteiger partial charge on any atom is 0.167 e. The first-order valence-electron chi connectivity index (χ1n) is 6.20. The van der Waals surface area contributed by atoms with Crippen molar-refractivity contribution in [3.8, 4) is 0 Å². The van der Waals surface area contributed by atoms with Crippen LogP contribution in [0.15, 0.2) is 0 Å². The third kappa shape index (κ3) is 4.53. The number of hydrogen-bond acceptors (Lipinski definition) is 3. The van der Waals surface area contributed by atoms with Crippen molar-refractivity contribution in [2.45, 2.75) is 64.3 Å². The molecule has 2 atom stereocenters. The lowest BCUT2D eigenvalue weighted by Crippen LogP contribution is -2.55. The van der Waals surface area contributed by atoms with Gasteiger partial charge in [-0.25, -0.2) is 0 Å². The summed E-state index contributed by atoms with van der Waals surface area (Å²) in [5, 5.41) is 3.79. The van der Waals surface area contributed by atoms with Gasteiger partial charge in [0, 0.05) is 12.6 Å². The van der Waals surface area contributed by atoms with Gasteiger partial charge in [-0.15, -0.1) is 0 Å². The summed E-state index contributed by atoms with van der Waals surface area (Å²) >= 11 is 0. The minimum absolute atomic E-state index is 0.160. The van der Waals surface area contributed by atoms with Gasteiger partial charge in [-0.05, 0) is 25.8 Å². The topological polar surface area (TPSA) is 30.5 Å². The SMILES string of the molecule is C[C@@H]1CO[C@@H](C(C)(C)O[SiH2]C(C)(C)C)CN1. The Bertz CT molecular complexity index is 218. The molecule has 0 radical (unpaired) electrons. The molecule has 0 unspecified atom stereocenters. The van der Waals surface area contributed by atoms with Gasteiger partial charge >= 0.3 is 0 Å². The molecule has 4 heteroatoms. The molecule has 1 heterocycles. The Morgan fingerprint density at radius 2 is 1.88 bits per heavy atom. The van der Waals surface area contributed by atoms with Crippen LogP contribution in [0.2, 0.25) is 5.04 Å². The third-order valence-corrected chi connectivity index (χ3v) is 4.61. The lowest BCUT2D eigenvalue weighted by Gasteiger charge is -2.40. The van der Waals surface area contributed by atoms with E-state index in [2.05, 4.69) is 46.9 Å². The summed E-state index contributed by atoms with van der Waals surface area (Å²) < 4.78 is 12.0. The quantitative estimate of drug-likeness (QED) is 0.764. The maximum absolute atomic E-state index is 6.14. The zero-order chi connectivity index (χ0) is 12.4. The fourth-order valence-corrected chi connectivity index (χ4v) is 2.62. The lowest BCUT2D eigenvalue weighted by molar-refractivity contribution is -0.0959. The molecule has 1 fully saturated rings. The van der Waals surface area contributed by atoms with Gasteiger partial charge in [-0.2, -0.15) is 0 Å². The van der Waals surface area contributed by atoms with Crippen molar-refractivity contribution in [3.63, 3.8) is 0 Å². The van der Waals surface area contributed by atoms with E-state index in [1.807, 2.05) is 0 Å². The minimum atomic E-state index is -0.520. The molecule has 1 aliphatic heterocycles. The molecule has 1 saturated heterocycles. The zero-order valence-corrected chi connectivity index (χ0v) is 13.0. The van der Waals surface area contributed by atoms with E-state index in [1.165, 1.54) is 0 Å². The molecule has 0 spiro atoms. The molecule has 96 valence electrons. The molecule has 0 amide bonds. The molecule has 0 aromatic rings. The van der Waals surface area contributed by atoms with Crippen molar-refractivity contribution in [1.29, 1.82) is 0 Å². The lowest BCUT2D eigenvalue weighted by atomic mass is 10.0. The smallest absolute Gasteiger partial charge is 0.167 e. The summed E-state index contributed by atoms with van der Waals surface area (Å²) in [7, 11) is -0.520. The molecule has 3 nitrogen and oxygen atoms in total. The van der Waals surface area contributed by atoms with Crippen LogP contribution in [-0.4, -0.2) is 40.7 Å². The normalized spacial score (nSPS) is 28.9. The van der Waals surface area contributed by atoms with E-state index in [0.29, 0.717) is 11.1 Å². The van der Waals surface area contributed by atoms with E-state index in [0.717, 1.165) is 13.2 Å². The largest absolute Gasteiger partial charge is 0.416 e. The molecule has 0 bridgehead atoms. The maximum atomic E-state index is 6.14. The minimum Gasteiger partial charge on any atom is -0.416 e. The summed E-state index contributed by atoms with van der Waals surface area (Å²) in [5.74, 6) is 0. The Hall–Kier alpha value is 0.0969. The van der Waals surface area contributed by atoms with Crippen LogP contribution in [0, 0.1) is 0 Å². The van der Waals surface area contributed by atoms with Gasteiger partial charge in [-0.3, -0.25) is 0 Å². The predicted molar refractivity (Wildman–Crippen MR) is 70.6 cm³/mol. The molecule has 0 aliphatic carbocycles. The standard InChI is InChI=1S/C12H27NO2Si/c1-9-8-14-10(7-13-9)12(5,6)15-16-11(2,3)4/h9-10,13H,7-8,16H2,1-6H3/t9-,10-/m1/s1. The Morgan fingerprint density at radius 3 is 2.31 bits per heavy atom. The fourth-order valence-electron chi connectivity index (χ4n) is 1.63. The van der Waals surface area contributed by atoms with Crippen LogP contribution in [0.5, 0.6) is 0 Å². The average molecular weight is 245 g/mol. The Balaban J connectivity index is 2.44. The molecular weight excluding hydrogens is 218 g/mol. The van der Waals surface area contributed by atoms with Gasteiger partial charge in [0.1, 0.15) is 0 Å². The average Bonchev–Trinajstić information content (AvgIpc) is 2.15. The molecule has 1 aliphatic rings. The van der Waals surface area contributed by atoms with Gasteiger partial charge in [0.25, 0.3) is 0 Å². The molecule has 0 aromatic carbocycles. The van der Waals surface area contributed by atoms with Gasteiger partial charge < -0.3 is 14.5 Å². The Labute approximate surface area is 102 Å². The van der Waals surface area contributed by atoms with Crippen molar-refractivity contribution in [2.24, 2.45) is 0 Å². The highest BCUT2D eigenvalue weighted by molar-refractivity contribution is 6.31. The second kappa shape index (κ2) is 5.17. The predicted octanol–water partition coefficient (Wildman–Crippen LogP) is 1.46. The van der Waals surface area contributed by atoms with Crippen LogP contribution in [-0.2, 0) is 9.16 Å². The summed E-state index contributed by atoms with van der Waals surface area (Å²) in [6.07, 6.45) is 0.179. The van der Waals surface area contributed by atoms with Gasteiger partial charge in [0.15, 0.2) is 9.76 Å². The first-order valence-corrected chi connectivity index (χ1v) is 7.48. The molecule has 1 rings (SSSR count). The van der Waals surface area contributed by atoms with Crippen LogP contribution >= 0.6 is 0 Å². The summed E-state index contributed by atoms with van der Waals surface area (Å²) in [6.45, 7) is 14.9. The van der Waals surface area contributed by atoms with E-state index >= 15 is 0 Å². The van der Waals surface area contributed by atoms with E-state index in [1.54, 1.807) is 0 Å². The molecule has 1 N–H and O–H groups in total. The second-order valence-electron chi connectivity index (χ2n) is 6.58. The van der Waals surface area contributed by atoms with E-state index in [-0.39, 0.29) is 11.7 Å². The van der Waals surface area contributed by atoms with Gasteiger partial charge in [-0.1, -0.05) is 20.8 Å². The van der Waals surface area contributed by atoms with Gasteiger partial charge in [0.2, 0.25) is 0 Å². The first kappa shape index (κ1) is 14.2. The number of ether oxygens (including phenoxy) is 1. The van der Waals surface area contributed by atoms with Crippen molar-refractivity contribution in [1.82, 2.24) is 5.32 Å². The Morgan fingerprint density at radius 1 is 1.25 bits per heavy atom. The van der Waals surface area contributed by atoms with Crippen LogP contribution in [0.4, 0.5) is 0 Å². The van der Waals surface area contributed by atoms with E-state index in [9.17, 15) is 0 Å². The van der Waals surface area contributed by atoms with E-state index in [4.69, 9.17) is 9.16 Å². The number of hydrogen-bond donors (Lipinski definition) is 1. The zero-order valence-electron chi connectivity index (χ0n) is 11.6. The van der Waals surface area contributed by atoms with Crippen molar-refractivity contribution >= 4 is 9.76 Å². The van der Waals surface area contributed by atoms with Gasteiger partial charge in [0.05, 0.1) is 18.3 Å².